The number of rotatable bonds is 5. The summed E-state index contributed by atoms with van der Waals surface area (Å²) in [7, 11) is 0. The number of nitrogens with one attached hydrogen (secondary N) is 1. The molecule has 1 fully saturated rings. The highest BCUT2D eigenvalue weighted by molar-refractivity contribution is 7.15. The fourth-order valence-electron chi connectivity index (χ4n) is 2.13. The zero-order valence-electron chi connectivity index (χ0n) is 11.4. The molecule has 1 aromatic carbocycles. The van der Waals surface area contributed by atoms with Crippen LogP contribution in [-0.4, -0.2) is 16.1 Å². The Balaban J connectivity index is 1.56. The molecule has 0 saturated heterocycles. The van der Waals surface area contributed by atoms with Crippen molar-refractivity contribution in [3.05, 3.63) is 40.9 Å². The van der Waals surface area contributed by atoms with Gasteiger partial charge in [0.25, 0.3) is 0 Å². The minimum atomic E-state index is -0.000139. The number of amides is 1. The van der Waals surface area contributed by atoms with E-state index >= 15 is 0 Å². The first-order valence-electron chi connectivity index (χ1n) is 6.90. The van der Waals surface area contributed by atoms with Gasteiger partial charge in [-0.3, -0.25) is 4.79 Å². The maximum atomic E-state index is 12.0. The monoisotopic (exact) mass is 287 g/mol. The van der Waals surface area contributed by atoms with E-state index in [2.05, 4.69) is 22.4 Å². The second kappa shape index (κ2) is 5.71. The van der Waals surface area contributed by atoms with Crippen LogP contribution in [0.2, 0.25) is 0 Å². The maximum Gasteiger partial charge on any atom is 0.226 e. The Hall–Kier alpha value is -1.75. The zero-order chi connectivity index (χ0) is 13.9. The van der Waals surface area contributed by atoms with Crippen molar-refractivity contribution in [3.8, 4) is 0 Å². The van der Waals surface area contributed by atoms with E-state index in [0.29, 0.717) is 17.5 Å². The summed E-state index contributed by atoms with van der Waals surface area (Å²) in [4.78, 5) is 12.0. The van der Waals surface area contributed by atoms with Crippen LogP contribution < -0.4 is 5.32 Å². The number of nitrogens with zero attached hydrogens (tertiary/aromatic N) is 2. The van der Waals surface area contributed by atoms with E-state index in [0.717, 1.165) is 5.01 Å². The molecule has 0 spiro atoms. The van der Waals surface area contributed by atoms with Gasteiger partial charge in [-0.2, -0.15) is 0 Å². The van der Waals surface area contributed by atoms with Crippen molar-refractivity contribution in [2.24, 2.45) is 0 Å². The molecule has 0 radical (unpaired) electrons. The number of benzene rings is 1. The molecule has 2 aromatic rings. The topological polar surface area (TPSA) is 54.9 Å². The second-order valence-corrected chi connectivity index (χ2v) is 6.29. The van der Waals surface area contributed by atoms with Crippen LogP contribution in [0.15, 0.2) is 30.3 Å². The number of carbonyl (C=O) groups is 1. The third-order valence-electron chi connectivity index (χ3n) is 3.47. The number of hydrogen-bond donors (Lipinski definition) is 1. The van der Waals surface area contributed by atoms with Crippen molar-refractivity contribution in [2.45, 2.75) is 38.0 Å². The molecule has 1 aromatic heterocycles. The van der Waals surface area contributed by atoms with Crippen LogP contribution in [0.3, 0.4) is 0 Å². The molecule has 1 amide bonds. The fraction of sp³-hybridized carbons (Fsp3) is 0.400. The van der Waals surface area contributed by atoms with Crippen LogP contribution >= 0.6 is 11.3 Å². The van der Waals surface area contributed by atoms with Gasteiger partial charge in [0, 0.05) is 12.3 Å². The van der Waals surface area contributed by atoms with Gasteiger partial charge in [-0.1, -0.05) is 48.6 Å². The largest absolute Gasteiger partial charge is 0.301 e. The summed E-state index contributed by atoms with van der Waals surface area (Å²) < 4.78 is 0. The second-order valence-electron chi connectivity index (χ2n) is 5.28. The van der Waals surface area contributed by atoms with Crippen LogP contribution in [-0.2, 0) is 4.79 Å². The molecular formula is C15H17N3OS. The number of carbonyl (C=O) groups excluding carboxylic acids is 1. The summed E-state index contributed by atoms with van der Waals surface area (Å²) in [5.74, 6) is 0.785. The van der Waals surface area contributed by atoms with Gasteiger partial charge in [0.05, 0.1) is 0 Å². The molecular weight excluding hydrogens is 270 g/mol. The molecule has 4 nitrogen and oxygen atoms in total. The van der Waals surface area contributed by atoms with Crippen LogP contribution in [0.1, 0.15) is 48.6 Å². The van der Waals surface area contributed by atoms with Gasteiger partial charge in [0.15, 0.2) is 0 Å². The molecule has 20 heavy (non-hydrogen) atoms. The van der Waals surface area contributed by atoms with E-state index in [1.165, 1.54) is 29.7 Å². The van der Waals surface area contributed by atoms with Crippen LogP contribution in [0.25, 0.3) is 0 Å². The standard InChI is InChI=1S/C15H17N3OS/c1-10(11-5-3-2-4-6-11)9-13(19)16-15-18-17-14(20-15)12-7-8-12/h2-6,10,12H,7-9H2,1H3,(H,16,18,19)/t10-/m1/s1. The van der Waals surface area contributed by atoms with Crippen molar-refractivity contribution >= 4 is 22.4 Å². The van der Waals surface area contributed by atoms with Gasteiger partial charge in [-0.25, -0.2) is 0 Å². The first kappa shape index (κ1) is 13.2. The lowest BCUT2D eigenvalue weighted by molar-refractivity contribution is -0.116. The molecule has 1 aliphatic carbocycles. The van der Waals surface area contributed by atoms with Gasteiger partial charge in [-0.05, 0) is 24.3 Å². The summed E-state index contributed by atoms with van der Waals surface area (Å²) in [6.45, 7) is 2.06. The third kappa shape index (κ3) is 3.22. The minimum Gasteiger partial charge on any atom is -0.301 e. The Morgan fingerprint density at radius 1 is 1.35 bits per heavy atom. The number of hydrogen-bond acceptors (Lipinski definition) is 4. The van der Waals surface area contributed by atoms with Crippen molar-refractivity contribution in [3.63, 3.8) is 0 Å². The molecule has 104 valence electrons. The van der Waals surface area contributed by atoms with E-state index in [4.69, 9.17) is 0 Å². The summed E-state index contributed by atoms with van der Waals surface area (Å²) >= 11 is 1.50. The third-order valence-corrected chi connectivity index (χ3v) is 4.47. The average Bonchev–Trinajstić information content (AvgIpc) is 3.20. The molecule has 1 aliphatic rings. The average molecular weight is 287 g/mol. The van der Waals surface area contributed by atoms with E-state index in [1.807, 2.05) is 30.3 Å². The van der Waals surface area contributed by atoms with Crippen LogP contribution in [0, 0.1) is 0 Å². The highest BCUT2D eigenvalue weighted by Gasteiger charge is 2.27. The van der Waals surface area contributed by atoms with E-state index < -0.39 is 0 Å². The quantitative estimate of drug-likeness (QED) is 0.915. The Morgan fingerprint density at radius 3 is 2.80 bits per heavy atom. The SMILES string of the molecule is C[C@H](CC(=O)Nc1nnc(C2CC2)s1)c1ccccc1. The van der Waals surface area contributed by atoms with Crippen molar-refractivity contribution in [1.29, 1.82) is 0 Å². The Morgan fingerprint density at radius 2 is 2.10 bits per heavy atom. The molecule has 1 N–H and O–H groups in total. The molecule has 1 atom stereocenters. The van der Waals surface area contributed by atoms with Gasteiger partial charge < -0.3 is 5.32 Å². The Bertz CT molecular complexity index is 592. The van der Waals surface area contributed by atoms with Crippen LogP contribution in [0.4, 0.5) is 5.13 Å². The molecule has 0 bridgehead atoms. The summed E-state index contributed by atoms with van der Waals surface area (Å²) in [6.07, 6.45) is 2.86. The summed E-state index contributed by atoms with van der Waals surface area (Å²) in [6, 6.07) is 10.1. The maximum absolute atomic E-state index is 12.0. The smallest absolute Gasteiger partial charge is 0.226 e. The van der Waals surface area contributed by atoms with Gasteiger partial charge in [0.1, 0.15) is 5.01 Å². The lowest BCUT2D eigenvalue weighted by Gasteiger charge is -2.10. The predicted octanol–water partition coefficient (Wildman–Crippen LogP) is 3.55. The Labute approximate surface area is 122 Å². The van der Waals surface area contributed by atoms with Crippen molar-refractivity contribution in [2.75, 3.05) is 5.32 Å². The van der Waals surface area contributed by atoms with Gasteiger partial charge >= 0.3 is 0 Å². The normalized spacial score (nSPS) is 15.8. The summed E-state index contributed by atoms with van der Waals surface area (Å²) in [5, 5.41) is 12.7. The minimum absolute atomic E-state index is 0.000139. The Kier molecular flexibility index (Phi) is 3.78. The molecule has 1 saturated carbocycles. The lowest BCUT2D eigenvalue weighted by Crippen LogP contribution is -2.14. The molecule has 3 rings (SSSR count). The number of anilines is 1. The first-order chi connectivity index (χ1) is 9.72. The van der Waals surface area contributed by atoms with Crippen molar-refractivity contribution < 1.29 is 4.79 Å². The lowest BCUT2D eigenvalue weighted by atomic mass is 9.98. The van der Waals surface area contributed by atoms with Crippen molar-refractivity contribution in [1.82, 2.24) is 10.2 Å². The van der Waals surface area contributed by atoms with E-state index in [-0.39, 0.29) is 11.8 Å². The predicted molar refractivity (Wildman–Crippen MR) is 80.0 cm³/mol. The van der Waals surface area contributed by atoms with Gasteiger partial charge in [0.2, 0.25) is 11.0 Å². The van der Waals surface area contributed by atoms with E-state index in [9.17, 15) is 4.79 Å². The highest BCUT2D eigenvalue weighted by Crippen LogP contribution is 2.42. The molecule has 1 heterocycles. The zero-order valence-corrected chi connectivity index (χ0v) is 12.2. The molecule has 0 unspecified atom stereocenters. The summed E-state index contributed by atoms with van der Waals surface area (Å²) in [5.41, 5.74) is 1.18. The van der Waals surface area contributed by atoms with Crippen LogP contribution in [0.5, 0.6) is 0 Å². The highest BCUT2D eigenvalue weighted by atomic mass is 32.1. The number of aromatic nitrogens is 2. The fourth-order valence-corrected chi connectivity index (χ4v) is 3.06. The molecule has 0 aliphatic heterocycles. The first-order valence-corrected chi connectivity index (χ1v) is 7.72. The molecule has 5 heteroatoms. The van der Waals surface area contributed by atoms with Gasteiger partial charge in [-0.15, -0.1) is 10.2 Å². The van der Waals surface area contributed by atoms with E-state index in [1.54, 1.807) is 0 Å².